The number of nitrogens with one attached hydrogen (secondary N) is 2. The van der Waals surface area contributed by atoms with Crippen LogP contribution in [0.1, 0.15) is 35.7 Å². The number of aromatic nitrogens is 1. The minimum absolute atomic E-state index is 0.184. The average molecular weight is 412 g/mol. The van der Waals surface area contributed by atoms with Crippen LogP contribution in [0.5, 0.6) is 0 Å². The molecule has 0 saturated carbocycles. The first kappa shape index (κ1) is 20.8. The highest BCUT2D eigenvalue weighted by Gasteiger charge is 2.23. The van der Waals surface area contributed by atoms with Gasteiger partial charge in [-0.25, -0.2) is 4.79 Å². The Balaban J connectivity index is 1.72. The number of fused-ring (bicyclic) bond motifs is 1. The van der Waals surface area contributed by atoms with Gasteiger partial charge in [0.05, 0.1) is 11.8 Å². The minimum atomic E-state index is -0.827. The fourth-order valence-electron chi connectivity index (χ4n) is 3.11. The fourth-order valence-corrected chi connectivity index (χ4v) is 3.87. The van der Waals surface area contributed by atoms with Gasteiger partial charge in [0.15, 0.2) is 0 Å². The van der Waals surface area contributed by atoms with Gasteiger partial charge < -0.3 is 15.4 Å². The molecule has 6 nitrogen and oxygen atoms in total. The number of esters is 1. The molecule has 1 aromatic heterocycles. The predicted molar refractivity (Wildman–Crippen MR) is 116 cm³/mol. The van der Waals surface area contributed by atoms with E-state index in [2.05, 4.69) is 21.9 Å². The Bertz CT molecular complexity index is 986. The maximum atomic E-state index is 12.9. The zero-order chi connectivity index (χ0) is 20.6. The summed E-state index contributed by atoms with van der Waals surface area (Å²) in [6, 6.07) is 14.5. The second kappa shape index (κ2) is 10.0. The molecule has 0 aliphatic rings. The van der Waals surface area contributed by atoms with E-state index in [1.807, 2.05) is 42.5 Å². The Morgan fingerprint density at radius 3 is 2.69 bits per heavy atom. The Morgan fingerprint density at radius 2 is 1.90 bits per heavy atom. The van der Waals surface area contributed by atoms with Crippen molar-refractivity contribution in [3.05, 3.63) is 59.7 Å². The molecule has 0 aliphatic heterocycles. The van der Waals surface area contributed by atoms with Crippen LogP contribution >= 0.6 is 11.5 Å². The van der Waals surface area contributed by atoms with Gasteiger partial charge in [-0.3, -0.25) is 4.79 Å². The Labute approximate surface area is 174 Å². The van der Waals surface area contributed by atoms with Crippen LogP contribution in [-0.2, 0) is 16.0 Å². The normalized spacial score (nSPS) is 11.8. The molecule has 0 aliphatic carbocycles. The smallest absolute Gasteiger partial charge is 0.330 e. The lowest BCUT2D eigenvalue weighted by Gasteiger charge is -2.18. The summed E-state index contributed by atoms with van der Waals surface area (Å²) < 4.78 is 10.3. The lowest BCUT2D eigenvalue weighted by atomic mass is 10.0. The van der Waals surface area contributed by atoms with Gasteiger partial charge in [-0.15, -0.1) is 0 Å². The van der Waals surface area contributed by atoms with Gasteiger partial charge in [-0.05, 0) is 48.1 Å². The van der Waals surface area contributed by atoms with Crippen LogP contribution < -0.4 is 10.6 Å². The Morgan fingerprint density at radius 1 is 1.14 bits per heavy atom. The summed E-state index contributed by atoms with van der Waals surface area (Å²) in [4.78, 5) is 25.1. The van der Waals surface area contributed by atoms with E-state index in [0.29, 0.717) is 11.4 Å². The van der Waals surface area contributed by atoms with Crippen LogP contribution in [0.2, 0.25) is 0 Å². The predicted octanol–water partition coefficient (Wildman–Crippen LogP) is 4.02. The molecule has 3 rings (SSSR count). The van der Waals surface area contributed by atoms with Crippen molar-refractivity contribution in [3.63, 3.8) is 0 Å². The molecule has 0 bridgehead atoms. The molecule has 0 fully saturated rings. The highest BCUT2D eigenvalue weighted by Crippen LogP contribution is 2.26. The lowest BCUT2D eigenvalue weighted by molar-refractivity contribution is -0.142. The second-order valence-electron chi connectivity index (χ2n) is 6.72. The number of anilines is 1. The fraction of sp³-hybridized carbons (Fsp3) is 0.318. The van der Waals surface area contributed by atoms with Crippen molar-refractivity contribution in [3.8, 4) is 0 Å². The zero-order valence-electron chi connectivity index (χ0n) is 16.6. The first-order valence-corrected chi connectivity index (χ1v) is 10.5. The van der Waals surface area contributed by atoms with Crippen molar-refractivity contribution < 1.29 is 14.3 Å². The number of unbranched alkanes of at least 4 members (excludes halogenated alkanes) is 1. The van der Waals surface area contributed by atoms with Gasteiger partial charge in [-0.1, -0.05) is 43.7 Å². The molecule has 1 amide bonds. The van der Waals surface area contributed by atoms with E-state index in [9.17, 15) is 9.59 Å². The molecular weight excluding hydrogens is 386 g/mol. The largest absolute Gasteiger partial charge is 0.467 e. The highest BCUT2D eigenvalue weighted by atomic mass is 32.1. The van der Waals surface area contributed by atoms with E-state index >= 15 is 0 Å². The summed E-state index contributed by atoms with van der Waals surface area (Å²) in [5.41, 5.74) is 1.57. The number of aryl methyl sites for hydroxylation is 1. The molecule has 0 spiro atoms. The number of ether oxygens (including phenoxy) is 1. The average Bonchev–Trinajstić information content (AvgIpc) is 3.17. The first-order chi connectivity index (χ1) is 14.1. The van der Waals surface area contributed by atoms with Gasteiger partial charge in [0.1, 0.15) is 11.9 Å². The third kappa shape index (κ3) is 5.12. The van der Waals surface area contributed by atoms with Crippen molar-refractivity contribution in [2.24, 2.45) is 0 Å². The molecule has 2 aromatic carbocycles. The maximum Gasteiger partial charge on any atom is 0.330 e. The van der Waals surface area contributed by atoms with Crippen LogP contribution in [0.4, 0.5) is 5.82 Å². The molecule has 3 aromatic rings. The highest BCUT2D eigenvalue weighted by molar-refractivity contribution is 7.13. The third-order valence-corrected chi connectivity index (χ3v) is 5.53. The molecule has 152 valence electrons. The minimum Gasteiger partial charge on any atom is -0.467 e. The SMILES string of the molecule is CCCCc1ccccc1C(=O)NC(CNc1nsc2ccccc12)C(=O)OC. The quantitative estimate of drug-likeness (QED) is 0.520. The number of amides is 1. The van der Waals surface area contributed by atoms with E-state index in [1.165, 1.54) is 18.6 Å². The molecule has 1 unspecified atom stereocenters. The van der Waals surface area contributed by atoms with Crippen LogP contribution in [0, 0.1) is 0 Å². The van der Waals surface area contributed by atoms with E-state index in [1.54, 1.807) is 6.07 Å². The number of carbonyl (C=O) groups excluding carboxylic acids is 2. The maximum absolute atomic E-state index is 12.9. The number of hydrogen-bond donors (Lipinski definition) is 2. The number of hydrogen-bond acceptors (Lipinski definition) is 6. The van der Waals surface area contributed by atoms with Gasteiger partial charge in [-0.2, -0.15) is 4.37 Å². The summed E-state index contributed by atoms with van der Waals surface area (Å²) in [5.74, 6) is -0.0921. The molecule has 29 heavy (non-hydrogen) atoms. The second-order valence-corrected chi connectivity index (χ2v) is 7.52. The number of carbonyl (C=O) groups is 2. The van der Waals surface area contributed by atoms with Crippen molar-refractivity contribution in [1.82, 2.24) is 9.69 Å². The van der Waals surface area contributed by atoms with Crippen LogP contribution in [0.15, 0.2) is 48.5 Å². The molecule has 1 atom stereocenters. The van der Waals surface area contributed by atoms with E-state index in [-0.39, 0.29) is 12.5 Å². The van der Waals surface area contributed by atoms with Gasteiger partial charge >= 0.3 is 5.97 Å². The molecular formula is C22H25N3O3S. The van der Waals surface area contributed by atoms with Crippen molar-refractivity contribution in [1.29, 1.82) is 0 Å². The van der Waals surface area contributed by atoms with Gasteiger partial charge in [0.2, 0.25) is 0 Å². The van der Waals surface area contributed by atoms with E-state index in [4.69, 9.17) is 4.74 Å². The Kier molecular flexibility index (Phi) is 7.19. The standard InChI is InChI=1S/C22H25N3O3S/c1-3-4-9-15-10-5-6-11-16(15)21(26)24-18(22(27)28-2)14-23-20-17-12-7-8-13-19(17)29-25-20/h5-8,10-13,18H,3-4,9,14H2,1-2H3,(H,23,25)(H,24,26). The number of methoxy groups -OCH3 is 1. The summed E-state index contributed by atoms with van der Waals surface area (Å²) in [5, 5.41) is 6.97. The molecule has 0 saturated heterocycles. The van der Waals surface area contributed by atoms with Crippen molar-refractivity contribution in [2.75, 3.05) is 19.0 Å². The van der Waals surface area contributed by atoms with Crippen LogP contribution in [0.25, 0.3) is 10.1 Å². The summed E-state index contributed by atoms with van der Waals surface area (Å²) >= 11 is 1.38. The summed E-state index contributed by atoms with van der Waals surface area (Å²) in [6.07, 6.45) is 2.88. The molecule has 0 radical (unpaired) electrons. The topological polar surface area (TPSA) is 80.3 Å². The zero-order valence-corrected chi connectivity index (χ0v) is 17.4. The van der Waals surface area contributed by atoms with Crippen LogP contribution in [0.3, 0.4) is 0 Å². The Hall–Kier alpha value is -2.93. The van der Waals surface area contributed by atoms with Crippen molar-refractivity contribution in [2.45, 2.75) is 32.2 Å². The first-order valence-electron chi connectivity index (χ1n) is 9.69. The van der Waals surface area contributed by atoms with E-state index in [0.717, 1.165) is 34.9 Å². The molecule has 2 N–H and O–H groups in total. The van der Waals surface area contributed by atoms with Crippen molar-refractivity contribution >= 4 is 39.3 Å². The molecule has 7 heteroatoms. The van der Waals surface area contributed by atoms with Crippen LogP contribution in [-0.4, -0.2) is 35.9 Å². The van der Waals surface area contributed by atoms with Gasteiger partial charge in [0, 0.05) is 17.5 Å². The number of benzene rings is 2. The van der Waals surface area contributed by atoms with E-state index < -0.39 is 12.0 Å². The molecule has 1 heterocycles. The lowest BCUT2D eigenvalue weighted by Crippen LogP contribution is -2.46. The summed E-state index contributed by atoms with van der Waals surface area (Å²) in [6.45, 7) is 2.30. The summed E-state index contributed by atoms with van der Waals surface area (Å²) in [7, 11) is 1.31. The number of nitrogens with zero attached hydrogens (tertiary/aromatic N) is 1. The monoisotopic (exact) mass is 411 g/mol. The van der Waals surface area contributed by atoms with Gasteiger partial charge in [0.25, 0.3) is 5.91 Å². The number of rotatable bonds is 9. The third-order valence-electron chi connectivity index (χ3n) is 4.70.